The molecule has 3 heterocycles. The molecule has 0 aromatic carbocycles. The molecule has 0 saturated heterocycles. The number of ether oxygens (including phenoxy) is 1. The van der Waals surface area contributed by atoms with E-state index in [0.717, 1.165) is 5.01 Å². The molecular weight excluding hydrogens is 357 g/mol. The van der Waals surface area contributed by atoms with Gasteiger partial charge in [-0.1, -0.05) is 11.3 Å². The molecule has 0 radical (unpaired) electrons. The minimum absolute atomic E-state index is 0.170. The number of carbonyl (C=O) groups is 1. The Hall–Kier alpha value is -2.94. The van der Waals surface area contributed by atoms with Crippen molar-refractivity contribution in [2.75, 3.05) is 12.4 Å². The van der Waals surface area contributed by atoms with Crippen LogP contribution in [0.2, 0.25) is 0 Å². The zero-order valence-electron chi connectivity index (χ0n) is 14.6. The van der Waals surface area contributed by atoms with Crippen molar-refractivity contribution >= 4 is 22.4 Å². The number of halogens is 1. The number of anilines is 1. The van der Waals surface area contributed by atoms with Crippen LogP contribution in [0.15, 0.2) is 18.5 Å². The summed E-state index contributed by atoms with van der Waals surface area (Å²) in [7, 11) is 1.42. The maximum atomic E-state index is 14.8. The molecule has 7 nitrogen and oxygen atoms in total. The predicted molar refractivity (Wildman–Crippen MR) is 96.1 cm³/mol. The van der Waals surface area contributed by atoms with Crippen molar-refractivity contribution < 1.29 is 13.9 Å². The Morgan fingerprint density at radius 1 is 1.19 bits per heavy atom. The summed E-state index contributed by atoms with van der Waals surface area (Å²) in [5, 5.41) is 11.5. The number of aromatic nitrogens is 4. The van der Waals surface area contributed by atoms with E-state index >= 15 is 0 Å². The highest BCUT2D eigenvalue weighted by Gasteiger charge is 2.22. The van der Waals surface area contributed by atoms with Gasteiger partial charge in [-0.15, -0.1) is 10.2 Å². The minimum atomic E-state index is -0.546. The largest absolute Gasteiger partial charge is 0.494 e. The maximum absolute atomic E-state index is 14.8. The summed E-state index contributed by atoms with van der Waals surface area (Å²) in [4.78, 5) is 20.9. The van der Waals surface area contributed by atoms with Gasteiger partial charge in [0.15, 0.2) is 5.82 Å². The lowest BCUT2D eigenvalue weighted by Crippen LogP contribution is -2.14. The monoisotopic (exact) mass is 373 g/mol. The van der Waals surface area contributed by atoms with Gasteiger partial charge in [0.05, 0.1) is 30.1 Å². The van der Waals surface area contributed by atoms with E-state index in [1.165, 1.54) is 30.8 Å². The standard InChI is InChI=1S/C17H16FN5O2S/c1-8-5-11(14-13(25-4)7-20-9(2)15(14)18)12(6-19-8)16(24)21-17-23-22-10(3)26-17/h5-7H,1-4H3,(H,21,23,24). The van der Waals surface area contributed by atoms with E-state index in [4.69, 9.17) is 4.74 Å². The van der Waals surface area contributed by atoms with Crippen molar-refractivity contribution in [2.24, 2.45) is 0 Å². The third-order valence-electron chi connectivity index (χ3n) is 3.68. The average molecular weight is 373 g/mol. The van der Waals surface area contributed by atoms with E-state index in [0.29, 0.717) is 16.4 Å². The van der Waals surface area contributed by atoms with E-state index in [1.807, 2.05) is 0 Å². The lowest BCUT2D eigenvalue weighted by atomic mass is 9.99. The van der Waals surface area contributed by atoms with E-state index in [9.17, 15) is 9.18 Å². The number of hydrogen-bond acceptors (Lipinski definition) is 7. The molecular formula is C17H16FN5O2S. The van der Waals surface area contributed by atoms with Crippen LogP contribution in [-0.4, -0.2) is 33.2 Å². The fourth-order valence-corrected chi connectivity index (χ4v) is 3.02. The van der Waals surface area contributed by atoms with Crippen LogP contribution in [0.1, 0.15) is 26.8 Å². The van der Waals surface area contributed by atoms with Crippen LogP contribution in [0.5, 0.6) is 5.75 Å². The highest BCUT2D eigenvalue weighted by Crippen LogP contribution is 2.35. The summed E-state index contributed by atoms with van der Waals surface area (Å²) >= 11 is 1.25. The Balaban J connectivity index is 2.13. The van der Waals surface area contributed by atoms with Crippen molar-refractivity contribution in [3.05, 3.63) is 46.2 Å². The van der Waals surface area contributed by atoms with E-state index in [1.54, 1.807) is 26.8 Å². The first-order chi connectivity index (χ1) is 12.4. The van der Waals surface area contributed by atoms with Gasteiger partial charge in [0.1, 0.15) is 10.8 Å². The van der Waals surface area contributed by atoms with Gasteiger partial charge in [-0.3, -0.25) is 20.1 Å². The molecule has 9 heteroatoms. The van der Waals surface area contributed by atoms with Crippen LogP contribution >= 0.6 is 11.3 Å². The number of rotatable bonds is 4. The zero-order valence-corrected chi connectivity index (χ0v) is 15.4. The number of methoxy groups -OCH3 is 1. The number of carbonyl (C=O) groups excluding carboxylic acids is 1. The lowest BCUT2D eigenvalue weighted by molar-refractivity contribution is 0.102. The van der Waals surface area contributed by atoms with Gasteiger partial charge in [-0.05, 0) is 26.8 Å². The van der Waals surface area contributed by atoms with Crippen molar-refractivity contribution in [1.29, 1.82) is 0 Å². The molecule has 1 N–H and O–H groups in total. The minimum Gasteiger partial charge on any atom is -0.494 e. The summed E-state index contributed by atoms with van der Waals surface area (Å²) in [6.07, 6.45) is 2.84. The fraction of sp³-hybridized carbons (Fsp3) is 0.235. The number of nitrogens with one attached hydrogen (secondary N) is 1. The van der Waals surface area contributed by atoms with Crippen molar-refractivity contribution in [3.8, 4) is 16.9 Å². The highest BCUT2D eigenvalue weighted by molar-refractivity contribution is 7.15. The van der Waals surface area contributed by atoms with Gasteiger partial charge in [0, 0.05) is 17.5 Å². The van der Waals surface area contributed by atoms with Gasteiger partial charge in [-0.2, -0.15) is 0 Å². The molecule has 0 aliphatic carbocycles. The molecule has 1 amide bonds. The van der Waals surface area contributed by atoms with Crippen LogP contribution < -0.4 is 10.1 Å². The topological polar surface area (TPSA) is 89.9 Å². The first-order valence-corrected chi connectivity index (χ1v) is 8.50. The quantitative estimate of drug-likeness (QED) is 0.754. The molecule has 3 rings (SSSR count). The van der Waals surface area contributed by atoms with Crippen LogP contribution in [0.4, 0.5) is 9.52 Å². The molecule has 0 aliphatic rings. The molecule has 0 atom stereocenters. The first kappa shape index (κ1) is 17.9. The number of amides is 1. The Kier molecular flexibility index (Phi) is 4.90. The van der Waals surface area contributed by atoms with Crippen molar-refractivity contribution in [3.63, 3.8) is 0 Å². The summed E-state index contributed by atoms with van der Waals surface area (Å²) in [5.74, 6) is -0.769. The lowest BCUT2D eigenvalue weighted by Gasteiger charge is -2.14. The molecule has 3 aromatic rings. The summed E-state index contributed by atoms with van der Waals surface area (Å²) in [5.41, 5.74) is 1.59. The second-order valence-corrected chi connectivity index (χ2v) is 6.73. The SMILES string of the molecule is COc1cnc(C)c(F)c1-c1cc(C)ncc1C(=O)Nc1nnc(C)s1. The second kappa shape index (κ2) is 7.12. The normalized spacial score (nSPS) is 10.7. The highest BCUT2D eigenvalue weighted by atomic mass is 32.1. The Morgan fingerprint density at radius 3 is 2.62 bits per heavy atom. The average Bonchev–Trinajstić information content (AvgIpc) is 3.01. The molecule has 3 aromatic heterocycles. The van der Waals surface area contributed by atoms with E-state index < -0.39 is 11.7 Å². The van der Waals surface area contributed by atoms with E-state index in [-0.39, 0.29) is 22.6 Å². The number of nitrogens with zero attached hydrogens (tertiary/aromatic N) is 4. The van der Waals surface area contributed by atoms with Gasteiger partial charge in [0.25, 0.3) is 5.91 Å². The Morgan fingerprint density at radius 2 is 1.96 bits per heavy atom. The van der Waals surface area contributed by atoms with Crippen LogP contribution in [0, 0.1) is 26.6 Å². The predicted octanol–water partition coefficient (Wildman–Crippen LogP) is 3.32. The molecule has 0 saturated carbocycles. The van der Waals surface area contributed by atoms with Gasteiger partial charge in [0.2, 0.25) is 5.13 Å². The number of aryl methyl sites for hydroxylation is 3. The van der Waals surface area contributed by atoms with Crippen LogP contribution in [0.25, 0.3) is 11.1 Å². The second-order valence-electron chi connectivity index (χ2n) is 5.55. The summed E-state index contributed by atoms with van der Waals surface area (Å²) < 4.78 is 20.1. The van der Waals surface area contributed by atoms with Crippen molar-refractivity contribution in [2.45, 2.75) is 20.8 Å². The zero-order chi connectivity index (χ0) is 18.8. The van der Waals surface area contributed by atoms with Crippen molar-refractivity contribution in [1.82, 2.24) is 20.2 Å². The number of hydrogen-bond donors (Lipinski definition) is 1. The molecule has 0 bridgehead atoms. The van der Waals surface area contributed by atoms with Gasteiger partial charge >= 0.3 is 0 Å². The third kappa shape index (κ3) is 3.38. The summed E-state index contributed by atoms with van der Waals surface area (Å²) in [6, 6.07) is 1.64. The fourth-order valence-electron chi connectivity index (χ4n) is 2.43. The first-order valence-electron chi connectivity index (χ1n) is 7.68. The molecule has 0 fully saturated rings. The molecule has 26 heavy (non-hydrogen) atoms. The third-order valence-corrected chi connectivity index (χ3v) is 4.43. The smallest absolute Gasteiger partial charge is 0.259 e. The van der Waals surface area contributed by atoms with Crippen LogP contribution in [-0.2, 0) is 0 Å². The molecule has 0 unspecified atom stereocenters. The number of pyridine rings is 2. The van der Waals surface area contributed by atoms with Crippen LogP contribution in [0.3, 0.4) is 0 Å². The van der Waals surface area contributed by atoms with E-state index in [2.05, 4.69) is 25.5 Å². The van der Waals surface area contributed by atoms with Gasteiger partial charge < -0.3 is 4.74 Å². The maximum Gasteiger partial charge on any atom is 0.259 e. The Bertz CT molecular complexity index is 989. The molecule has 0 spiro atoms. The molecule has 134 valence electrons. The molecule has 0 aliphatic heterocycles. The Labute approximate surface area is 153 Å². The van der Waals surface area contributed by atoms with Gasteiger partial charge in [-0.25, -0.2) is 4.39 Å². The summed E-state index contributed by atoms with van der Waals surface area (Å²) in [6.45, 7) is 5.10.